The Labute approximate surface area is 159 Å². The fraction of sp³-hybridized carbons (Fsp3) is 0.364. The maximum absolute atomic E-state index is 12.3. The van der Waals surface area contributed by atoms with Crippen LogP contribution in [0.1, 0.15) is 49.8 Å². The van der Waals surface area contributed by atoms with Crippen molar-refractivity contribution in [3.05, 3.63) is 59.7 Å². The van der Waals surface area contributed by atoms with E-state index in [2.05, 4.69) is 5.32 Å². The second kappa shape index (κ2) is 7.82. The largest absolute Gasteiger partial charge is 0.486 e. The molecule has 2 aromatic carbocycles. The molecule has 0 saturated heterocycles. The predicted octanol–water partition coefficient (Wildman–Crippen LogP) is 4.72. The van der Waals surface area contributed by atoms with Gasteiger partial charge < -0.3 is 15.2 Å². The Morgan fingerprint density at radius 2 is 1.89 bits per heavy atom. The molecule has 2 N–H and O–H groups in total. The third kappa shape index (κ3) is 4.30. The molecule has 0 bridgehead atoms. The van der Waals surface area contributed by atoms with Crippen LogP contribution in [0.3, 0.4) is 0 Å². The summed E-state index contributed by atoms with van der Waals surface area (Å²) in [6.45, 7) is 3.89. The number of benzene rings is 2. The van der Waals surface area contributed by atoms with Gasteiger partial charge in [-0.3, -0.25) is 9.59 Å². The summed E-state index contributed by atoms with van der Waals surface area (Å²) in [6.07, 6.45) is 1.94. The minimum Gasteiger partial charge on any atom is -0.486 e. The lowest BCUT2D eigenvalue weighted by Crippen LogP contribution is -2.41. The van der Waals surface area contributed by atoms with Gasteiger partial charge in [-0.15, -0.1) is 0 Å². The highest BCUT2D eigenvalue weighted by Crippen LogP contribution is 2.44. The first-order valence-corrected chi connectivity index (χ1v) is 9.25. The van der Waals surface area contributed by atoms with Crippen LogP contribution in [-0.2, 0) is 9.59 Å². The van der Waals surface area contributed by atoms with Crippen molar-refractivity contribution in [1.29, 1.82) is 0 Å². The molecule has 5 nitrogen and oxygen atoms in total. The van der Waals surface area contributed by atoms with E-state index in [4.69, 9.17) is 4.74 Å². The third-order valence-electron chi connectivity index (χ3n) is 5.32. The number of carboxylic acids is 1. The number of amides is 1. The Morgan fingerprint density at radius 3 is 2.44 bits per heavy atom. The zero-order valence-electron chi connectivity index (χ0n) is 15.7. The molecular formula is C22H25NO4. The average Bonchev–Trinajstić information content (AvgIpc) is 2.61. The number of carboxylic acid groups (broad SMARTS) is 1. The molecule has 0 aromatic heterocycles. The summed E-state index contributed by atoms with van der Waals surface area (Å²) >= 11 is 0. The molecule has 5 heteroatoms. The van der Waals surface area contributed by atoms with Crippen LogP contribution in [0, 0.1) is 12.3 Å². The smallest absolute Gasteiger partial charge is 0.310 e. The van der Waals surface area contributed by atoms with Crippen molar-refractivity contribution in [3.8, 4) is 5.75 Å². The topological polar surface area (TPSA) is 75.6 Å². The monoisotopic (exact) mass is 367 g/mol. The minimum atomic E-state index is -0.883. The molecule has 0 aliphatic heterocycles. The first-order chi connectivity index (χ1) is 12.9. The lowest BCUT2D eigenvalue weighted by Gasteiger charge is -2.36. The van der Waals surface area contributed by atoms with Crippen molar-refractivity contribution in [2.24, 2.45) is 5.41 Å². The Kier molecular flexibility index (Phi) is 5.49. The molecule has 1 unspecified atom stereocenters. The van der Waals surface area contributed by atoms with Crippen LogP contribution in [0.2, 0.25) is 0 Å². The van der Waals surface area contributed by atoms with Crippen LogP contribution < -0.4 is 10.1 Å². The van der Waals surface area contributed by atoms with E-state index in [0.29, 0.717) is 18.5 Å². The van der Waals surface area contributed by atoms with Gasteiger partial charge in [0.25, 0.3) is 0 Å². The van der Waals surface area contributed by atoms with Gasteiger partial charge in [0.15, 0.2) is 0 Å². The molecule has 27 heavy (non-hydrogen) atoms. The molecule has 1 aliphatic rings. The van der Waals surface area contributed by atoms with Crippen molar-refractivity contribution in [2.75, 3.05) is 5.32 Å². The van der Waals surface area contributed by atoms with Crippen LogP contribution in [0.25, 0.3) is 0 Å². The lowest BCUT2D eigenvalue weighted by atomic mass is 9.66. The van der Waals surface area contributed by atoms with Gasteiger partial charge in [-0.1, -0.05) is 36.8 Å². The van der Waals surface area contributed by atoms with E-state index in [1.54, 1.807) is 6.07 Å². The molecule has 0 spiro atoms. The fourth-order valence-corrected chi connectivity index (χ4v) is 3.42. The van der Waals surface area contributed by atoms with E-state index in [1.807, 2.05) is 56.3 Å². The number of carbonyl (C=O) groups is 2. The molecule has 1 aliphatic carbocycles. The summed E-state index contributed by atoms with van der Waals surface area (Å²) in [4.78, 5) is 23.7. The third-order valence-corrected chi connectivity index (χ3v) is 5.32. The highest BCUT2D eigenvalue weighted by Gasteiger charge is 2.45. The number of aryl methyl sites for hydroxylation is 1. The number of anilines is 1. The number of aliphatic carboxylic acids is 1. The summed E-state index contributed by atoms with van der Waals surface area (Å²) in [5.74, 6) is -0.409. The Morgan fingerprint density at radius 1 is 1.19 bits per heavy atom. The van der Waals surface area contributed by atoms with Crippen molar-refractivity contribution >= 4 is 17.6 Å². The highest BCUT2D eigenvalue weighted by atomic mass is 16.5. The molecule has 3 rings (SSSR count). The van der Waals surface area contributed by atoms with E-state index in [1.165, 1.54) is 0 Å². The Balaban J connectivity index is 1.63. The van der Waals surface area contributed by atoms with Crippen LogP contribution >= 0.6 is 0 Å². The molecule has 2 aromatic rings. The standard InChI is InChI=1S/C22H25NO4/c1-15-13-18(27-16(2)17-7-4-3-5-8-17)9-10-19(15)23-20(24)14-22(21(25)26)11-6-12-22/h3-5,7-10,13,16H,6,11-12,14H2,1-2H3,(H,23,24)(H,25,26). The van der Waals surface area contributed by atoms with E-state index >= 15 is 0 Å². The first kappa shape index (κ1) is 19.0. The van der Waals surface area contributed by atoms with Crippen LogP contribution in [0.15, 0.2) is 48.5 Å². The van der Waals surface area contributed by atoms with Crippen molar-refractivity contribution in [3.63, 3.8) is 0 Å². The van der Waals surface area contributed by atoms with Gasteiger partial charge >= 0.3 is 5.97 Å². The van der Waals surface area contributed by atoms with E-state index < -0.39 is 11.4 Å². The van der Waals surface area contributed by atoms with Crippen LogP contribution in [-0.4, -0.2) is 17.0 Å². The second-order valence-electron chi connectivity index (χ2n) is 7.31. The molecule has 1 atom stereocenters. The summed E-state index contributed by atoms with van der Waals surface area (Å²) in [5, 5.41) is 12.2. The number of ether oxygens (including phenoxy) is 1. The van der Waals surface area contributed by atoms with Crippen molar-refractivity contribution in [1.82, 2.24) is 0 Å². The molecule has 0 heterocycles. The zero-order valence-corrected chi connectivity index (χ0v) is 15.7. The molecular weight excluding hydrogens is 342 g/mol. The fourth-order valence-electron chi connectivity index (χ4n) is 3.42. The maximum Gasteiger partial charge on any atom is 0.310 e. The second-order valence-corrected chi connectivity index (χ2v) is 7.31. The molecule has 142 valence electrons. The average molecular weight is 367 g/mol. The van der Waals surface area contributed by atoms with Gasteiger partial charge in [0.05, 0.1) is 5.41 Å². The highest BCUT2D eigenvalue weighted by molar-refractivity contribution is 5.95. The minimum absolute atomic E-state index is 0.0189. The molecule has 1 saturated carbocycles. The number of nitrogens with one attached hydrogen (secondary N) is 1. The number of hydrogen-bond acceptors (Lipinski definition) is 3. The lowest BCUT2D eigenvalue weighted by molar-refractivity contribution is -0.157. The molecule has 1 amide bonds. The van der Waals surface area contributed by atoms with Gasteiger partial charge in [-0.2, -0.15) is 0 Å². The van der Waals surface area contributed by atoms with Crippen LogP contribution in [0.4, 0.5) is 5.69 Å². The summed E-state index contributed by atoms with van der Waals surface area (Å²) in [5.41, 5.74) is 1.76. The first-order valence-electron chi connectivity index (χ1n) is 9.25. The molecule has 0 radical (unpaired) electrons. The van der Waals surface area contributed by atoms with Crippen molar-refractivity contribution < 1.29 is 19.4 Å². The summed E-state index contributed by atoms with van der Waals surface area (Å²) in [7, 11) is 0. The SMILES string of the molecule is Cc1cc(OC(C)c2ccccc2)ccc1NC(=O)CC1(C(=O)O)CCC1. The Bertz CT molecular complexity index is 827. The normalized spacial score (nSPS) is 16.1. The van der Waals surface area contributed by atoms with Gasteiger partial charge in [0.1, 0.15) is 11.9 Å². The molecule has 1 fully saturated rings. The van der Waals surface area contributed by atoms with E-state index in [-0.39, 0.29) is 18.4 Å². The van der Waals surface area contributed by atoms with E-state index in [9.17, 15) is 14.7 Å². The Hall–Kier alpha value is -2.82. The van der Waals surface area contributed by atoms with Gasteiger partial charge in [-0.05, 0) is 56.0 Å². The van der Waals surface area contributed by atoms with Gasteiger partial charge in [0, 0.05) is 12.1 Å². The number of carbonyl (C=O) groups excluding carboxylic acids is 1. The summed E-state index contributed by atoms with van der Waals surface area (Å²) in [6, 6.07) is 15.5. The van der Waals surface area contributed by atoms with Crippen molar-refractivity contribution in [2.45, 2.75) is 45.6 Å². The quantitative estimate of drug-likeness (QED) is 0.742. The van der Waals surface area contributed by atoms with E-state index in [0.717, 1.165) is 23.3 Å². The summed E-state index contributed by atoms with van der Waals surface area (Å²) < 4.78 is 5.99. The van der Waals surface area contributed by atoms with Crippen LogP contribution in [0.5, 0.6) is 5.75 Å². The van der Waals surface area contributed by atoms with Gasteiger partial charge in [0.2, 0.25) is 5.91 Å². The number of hydrogen-bond donors (Lipinski definition) is 2. The zero-order chi connectivity index (χ0) is 19.4. The predicted molar refractivity (Wildman–Crippen MR) is 104 cm³/mol. The van der Waals surface area contributed by atoms with Gasteiger partial charge in [-0.25, -0.2) is 0 Å². The number of rotatable bonds is 7. The maximum atomic E-state index is 12.3.